The van der Waals surface area contributed by atoms with Crippen LogP contribution in [0.1, 0.15) is 36.5 Å². The van der Waals surface area contributed by atoms with Gasteiger partial charge in [0.05, 0.1) is 6.54 Å². The second-order valence-electron chi connectivity index (χ2n) is 6.69. The number of rotatable bonds is 10. The van der Waals surface area contributed by atoms with Gasteiger partial charge in [0.25, 0.3) is 5.91 Å². The summed E-state index contributed by atoms with van der Waals surface area (Å²) in [6.07, 6.45) is 2.21. The van der Waals surface area contributed by atoms with Gasteiger partial charge in [0.2, 0.25) is 0 Å². The van der Waals surface area contributed by atoms with E-state index in [4.69, 9.17) is 10.5 Å². The summed E-state index contributed by atoms with van der Waals surface area (Å²) in [6, 6.07) is 16.0. The largest absolute Gasteiger partial charge is 0.484 e. The van der Waals surface area contributed by atoms with Crippen LogP contribution >= 0.6 is 24.0 Å². The van der Waals surface area contributed by atoms with Gasteiger partial charge >= 0.3 is 0 Å². The SMILES string of the molecule is CCCCNC(=NCc1cccc(OCC(N)=O)c1)NCc1ccc(C)cc1.I. The third-order valence-electron chi connectivity index (χ3n) is 4.10. The van der Waals surface area contributed by atoms with Gasteiger partial charge in [0, 0.05) is 13.1 Å². The van der Waals surface area contributed by atoms with E-state index in [0.29, 0.717) is 18.8 Å². The van der Waals surface area contributed by atoms with E-state index in [-0.39, 0.29) is 30.6 Å². The number of benzene rings is 2. The Balaban J connectivity index is 0.00000420. The number of guanidine groups is 1. The van der Waals surface area contributed by atoms with Crippen molar-refractivity contribution >= 4 is 35.8 Å². The maximum absolute atomic E-state index is 10.9. The van der Waals surface area contributed by atoms with Crippen LogP contribution in [0.3, 0.4) is 0 Å². The van der Waals surface area contributed by atoms with Crippen molar-refractivity contribution in [2.24, 2.45) is 10.7 Å². The Bertz CT molecular complexity index is 779. The molecule has 0 saturated carbocycles. The average molecular weight is 510 g/mol. The number of nitrogens with two attached hydrogens (primary N) is 1. The Morgan fingerprint density at radius 2 is 1.86 bits per heavy atom. The summed E-state index contributed by atoms with van der Waals surface area (Å²) in [6.45, 7) is 6.20. The van der Waals surface area contributed by atoms with Gasteiger partial charge in [-0.05, 0) is 36.6 Å². The van der Waals surface area contributed by atoms with Crippen molar-refractivity contribution in [2.45, 2.75) is 39.8 Å². The molecule has 0 bridgehead atoms. The number of nitrogens with one attached hydrogen (secondary N) is 2. The third kappa shape index (κ3) is 10.2. The van der Waals surface area contributed by atoms with Crippen LogP contribution in [0.25, 0.3) is 0 Å². The lowest BCUT2D eigenvalue weighted by atomic mass is 10.1. The minimum atomic E-state index is -0.494. The molecule has 2 rings (SSSR count). The van der Waals surface area contributed by atoms with Gasteiger partial charge in [-0.25, -0.2) is 4.99 Å². The first kappa shape index (κ1) is 24.7. The van der Waals surface area contributed by atoms with Crippen molar-refractivity contribution in [3.8, 4) is 5.75 Å². The van der Waals surface area contributed by atoms with E-state index < -0.39 is 5.91 Å². The Morgan fingerprint density at radius 3 is 2.55 bits per heavy atom. The summed E-state index contributed by atoms with van der Waals surface area (Å²) in [5, 5.41) is 6.76. The zero-order valence-corrected chi connectivity index (χ0v) is 19.4. The first-order chi connectivity index (χ1) is 13.6. The first-order valence-electron chi connectivity index (χ1n) is 9.64. The molecule has 6 nitrogen and oxygen atoms in total. The molecule has 158 valence electrons. The van der Waals surface area contributed by atoms with Gasteiger partial charge in [0.1, 0.15) is 5.75 Å². The molecule has 0 fully saturated rings. The number of carbonyl (C=O) groups is 1. The molecule has 0 atom stereocenters. The summed E-state index contributed by atoms with van der Waals surface area (Å²) in [7, 11) is 0. The molecule has 0 aliphatic heterocycles. The van der Waals surface area contributed by atoms with Gasteiger partial charge in [-0.2, -0.15) is 0 Å². The zero-order valence-electron chi connectivity index (χ0n) is 17.1. The molecule has 0 saturated heterocycles. The van der Waals surface area contributed by atoms with E-state index >= 15 is 0 Å². The van der Waals surface area contributed by atoms with Crippen molar-refractivity contribution in [1.29, 1.82) is 0 Å². The first-order valence-corrected chi connectivity index (χ1v) is 9.64. The molecule has 0 radical (unpaired) electrons. The molecular weight excluding hydrogens is 479 g/mol. The van der Waals surface area contributed by atoms with Crippen molar-refractivity contribution in [3.05, 3.63) is 65.2 Å². The second kappa shape index (κ2) is 13.8. The number of unbranched alkanes of at least 4 members (excludes halogenated alkanes) is 1. The molecule has 29 heavy (non-hydrogen) atoms. The van der Waals surface area contributed by atoms with E-state index in [1.807, 2.05) is 18.2 Å². The lowest BCUT2D eigenvalue weighted by Crippen LogP contribution is -2.37. The smallest absolute Gasteiger partial charge is 0.255 e. The highest BCUT2D eigenvalue weighted by atomic mass is 127. The molecule has 2 aromatic carbocycles. The number of carbonyl (C=O) groups excluding carboxylic acids is 1. The normalized spacial score (nSPS) is 10.8. The van der Waals surface area contributed by atoms with Crippen LogP contribution in [0.4, 0.5) is 0 Å². The van der Waals surface area contributed by atoms with Gasteiger partial charge in [0.15, 0.2) is 12.6 Å². The summed E-state index contributed by atoms with van der Waals surface area (Å²) < 4.78 is 5.36. The van der Waals surface area contributed by atoms with Crippen molar-refractivity contribution in [1.82, 2.24) is 10.6 Å². The number of halogens is 1. The number of aliphatic imine (C=N–C) groups is 1. The van der Waals surface area contributed by atoms with E-state index in [1.54, 1.807) is 6.07 Å². The molecular formula is C22H31IN4O2. The number of hydrogen-bond acceptors (Lipinski definition) is 3. The van der Waals surface area contributed by atoms with Crippen LogP contribution < -0.4 is 21.1 Å². The Labute approximate surface area is 190 Å². The average Bonchev–Trinajstić information content (AvgIpc) is 2.69. The minimum Gasteiger partial charge on any atom is -0.484 e. The minimum absolute atomic E-state index is 0. The highest BCUT2D eigenvalue weighted by Crippen LogP contribution is 2.14. The third-order valence-corrected chi connectivity index (χ3v) is 4.10. The molecule has 1 amide bonds. The molecule has 0 aromatic heterocycles. The number of hydrogen-bond donors (Lipinski definition) is 3. The van der Waals surface area contributed by atoms with E-state index in [2.05, 4.69) is 53.7 Å². The highest BCUT2D eigenvalue weighted by Gasteiger charge is 2.02. The van der Waals surface area contributed by atoms with Crippen LogP contribution in [-0.2, 0) is 17.9 Å². The Kier molecular flexibility index (Phi) is 11.8. The van der Waals surface area contributed by atoms with Crippen LogP contribution in [0, 0.1) is 6.92 Å². The van der Waals surface area contributed by atoms with Crippen LogP contribution in [-0.4, -0.2) is 25.0 Å². The van der Waals surface area contributed by atoms with Crippen LogP contribution in [0.5, 0.6) is 5.75 Å². The van der Waals surface area contributed by atoms with Crippen LogP contribution in [0.2, 0.25) is 0 Å². The molecule has 0 spiro atoms. The predicted molar refractivity (Wildman–Crippen MR) is 129 cm³/mol. The second-order valence-corrected chi connectivity index (χ2v) is 6.69. The lowest BCUT2D eigenvalue weighted by molar-refractivity contribution is -0.119. The molecule has 0 aliphatic rings. The van der Waals surface area contributed by atoms with Gasteiger partial charge in [-0.1, -0.05) is 55.3 Å². The summed E-state index contributed by atoms with van der Waals surface area (Å²) in [5.74, 6) is 0.892. The summed E-state index contributed by atoms with van der Waals surface area (Å²) in [4.78, 5) is 15.5. The molecule has 2 aromatic rings. The van der Waals surface area contributed by atoms with E-state index in [0.717, 1.165) is 30.9 Å². The fraction of sp³-hybridized carbons (Fsp3) is 0.364. The van der Waals surface area contributed by atoms with Gasteiger partial charge < -0.3 is 21.1 Å². The highest BCUT2D eigenvalue weighted by molar-refractivity contribution is 14.0. The van der Waals surface area contributed by atoms with E-state index in [1.165, 1.54) is 11.1 Å². The molecule has 0 heterocycles. The quantitative estimate of drug-likeness (QED) is 0.198. The number of ether oxygens (including phenoxy) is 1. The molecule has 4 N–H and O–H groups in total. The molecule has 0 aliphatic carbocycles. The zero-order chi connectivity index (χ0) is 20.2. The summed E-state index contributed by atoms with van der Waals surface area (Å²) >= 11 is 0. The molecule has 0 unspecified atom stereocenters. The molecule has 7 heteroatoms. The number of amides is 1. The fourth-order valence-electron chi connectivity index (χ4n) is 2.51. The Hall–Kier alpha value is -2.29. The lowest BCUT2D eigenvalue weighted by Gasteiger charge is -2.13. The van der Waals surface area contributed by atoms with E-state index in [9.17, 15) is 4.79 Å². The Morgan fingerprint density at radius 1 is 1.10 bits per heavy atom. The number of nitrogens with zero attached hydrogens (tertiary/aromatic N) is 1. The fourth-order valence-corrected chi connectivity index (χ4v) is 2.51. The summed E-state index contributed by atoms with van der Waals surface area (Å²) in [5.41, 5.74) is 8.57. The maximum Gasteiger partial charge on any atom is 0.255 e. The monoisotopic (exact) mass is 510 g/mol. The topological polar surface area (TPSA) is 88.7 Å². The standard InChI is InChI=1S/C22H30N4O2.HI/c1-3-4-12-24-22(25-14-18-10-8-17(2)9-11-18)26-15-19-6-5-7-20(13-19)28-16-21(23)27;/h5-11,13H,3-4,12,14-16H2,1-2H3,(H2,23,27)(H2,24,25,26);1H. The van der Waals surface area contributed by atoms with Crippen LogP contribution in [0.15, 0.2) is 53.5 Å². The van der Waals surface area contributed by atoms with Crippen molar-refractivity contribution in [3.63, 3.8) is 0 Å². The van der Waals surface area contributed by atoms with Crippen molar-refractivity contribution < 1.29 is 9.53 Å². The van der Waals surface area contributed by atoms with Gasteiger partial charge in [-0.3, -0.25) is 4.79 Å². The number of primary amides is 1. The maximum atomic E-state index is 10.9. The van der Waals surface area contributed by atoms with Gasteiger partial charge in [-0.15, -0.1) is 24.0 Å². The number of aryl methyl sites for hydroxylation is 1. The predicted octanol–water partition coefficient (Wildman–Crippen LogP) is 3.51. The van der Waals surface area contributed by atoms with Crippen molar-refractivity contribution in [2.75, 3.05) is 13.2 Å².